The van der Waals surface area contributed by atoms with Crippen LogP contribution in [0.2, 0.25) is 0 Å². The minimum Gasteiger partial charge on any atom is -0.490 e. The number of sulfone groups is 1. The van der Waals surface area contributed by atoms with Crippen LogP contribution in [-0.2, 0) is 16.3 Å². The molecule has 0 radical (unpaired) electrons. The van der Waals surface area contributed by atoms with E-state index in [0.29, 0.717) is 11.5 Å². The van der Waals surface area contributed by atoms with Crippen LogP contribution in [0.25, 0.3) is 0 Å². The predicted octanol–water partition coefficient (Wildman–Crippen LogP) is 2.88. The fraction of sp³-hybridized carbons (Fsp3) is 0.571. The summed E-state index contributed by atoms with van der Waals surface area (Å²) >= 11 is 3.68. The van der Waals surface area contributed by atoms with Gasteiger partial charge in [-0.25, -0.2) is 8.42 Å². The topological polar surface area (TPSA) is 43.4 Å². The molecule has 0 aliphatic carbocycles. The van der Waals surface area contributed by atoms with E-state index in [4.69, 9.17) is 4.74 Å². The second kappa shape index (κ2) is 4.77. The molecule has 1 saturated heterocycles. The van der Waals surface area contributed by atoms with Crippen molar-refractivity contribution in [1.82, 2.24) is 0 Å². The molecule has 0 bridgehead atoms. The van der Waals surface area contributed by atoms with E-state index in [-0.39, 0.29) is 16.8 Å². The number of halogens is 1. The van der Waals surface area contributed by atoms with Crippen molar-refractivity contribution in [2.75, 3.05) is 11.5 Å². The zero-order valence-corrected chi connectivity index (χ0v) is 13.2. The largest absolute Gasteiger partial charge is 0.490 e. The highest BCUT2D eigenvalue weighted by molar-refractivity contribution is 9.09. The predicted molar refractivity (Wildman–Crippen MR) is 78.7 cm³/mol. The molecule has 3 nitrogen and oxygen atoms in total. The minimum absolute atomic E-state index is 0.117. The molecule has 3 unspecified atom stereocenters. The molecule has 2 aliphatic rings. The van der Waals surface area contributed by atoms with Gasteiger partial charge in [0.25, 0.3) is 0 Å². The lowest BCUT2D eigenvalue weighted by molar-refractivity contribution is 0.254. The van der Waals surface area contributed by atoms with Crippen molar-refractivity contribution >= 4 is 25.8 Å². The Kier molecular flexibility index (Phi) is 3.38. The third-order valence-corrected chi connectivity index (χ3v) is 6.99. The zero-order valence-electron chi connectivity index (χ0n) is 10.8. The molecule has 1 aromatic rings. The van der Waals surface area contributed by atoms with Crippen LogP contribution < -0.4 is 4.74 Å². The van der Waals surface area contributed by atoms with Crippen molar-refractivity contribution in [2.24, 2.45) is 5.92 Å². The minimum atomic E-state index is -2.82. The van der Waals surface area contributed by atoms with E-state index in [2.05, 4.69) is 28.9 Å². The summed E-state index contributed by atoms with van der Waals surface area (Å²) in [6, 6.07) is 6.20. The van der Waals surface area contributed by atoms with Crippen LogP contribution in [0.4, 0.5) is 0 Å². The number of alkyl halides is 1. The highest BCUT2D eigenvalue weighted by Gasteiger charge is 2.33. The van der Waals surface area contributed by atoms with E-state index in [0.717, 1.165) is 18.6 Å². The standard InChI is InChI=1S/C14H17BrO3S/c1-9-6-12-7-10(2-3-13(12)18-9)14(15)11-4-5-19(16,17)8-11/h2-3,7,9,11,14H,4-6,8H2,1H3. The first kappa shape index (κ1) is 13.4. The van der Waals surface area contributed by atoms with Gasteiger partial charge in [-0.05, 0) is 36.5 Å². The van der Waals surface area contributed by atoms with E-state index in [1.165, 1.54) is 11.1 Å². The summed E-state index contributed by atoms with van der Waals surface area (Å²) in [5, 5.41) is 0. The van der Waals surface area contributed by atoms with Crippen LogP contribution in [0.15, 0.2) is 18.2 Å². The molecule has 0 spiro atoms. The average molecular weight is 345 g/mol. The van der Waals surface area contributed by atoms with Crippen LogP contribution in [0, 0.1) is 5.92 Å². The Balaban J connectivity index is 1.82. The zero-order chi connectivity index (χ0) is 13.6. The van der Waals surface area contributed by atoms with E-state index < -0.39 is 9.84 Å². The van der Waals surface area contributed by atoms with Crippen LogP contribution in [0.5, 0.6) is 5.75 Å². The second-order valence-electron chi connectivity index (χ2n) is 5.56. The molecule has 3 atom stereocenters. The summed E-state index contributed by atoms with van der Waals surface area (Å²) in [7, 11) is -2.82. The fourth-order valence-corrected chi connectivity index (χ4v) is 5.76. The summed E-state index contributed by atoms with van der Waals surface area (Å²) in [6.45, 7) is 2.06. The SMILES string of the molecule is CC1Cc2cc(C(Br)C3CCS(=O)(=O)C3)ccc2O1. The van der Waals surface area contributed by atoms with Crippen molar-refractivity contribution in [2.45, 2.75) is 30.7 Å². The number of hydrogen-bond donors (Lipinski definition) is 0. The van der Waals surface area contributed by atoms with Gasteiger partial charge in [-0.1, -0.05) is 28.1 Å². The maximum absolute atomic E-state index is 11.6. The van der Waals surface area contributed by atoms with Crippen LogP contribution in [0.3, 0.4) is 0 Å². The van der Waals surface area contributed by atoms with Crippen LogP contribution in [-0.4, -0.2) is 26.0 Å². The van der Waals surface area contributed by atoms with Gasteiger partial charge in [0.15, 0.2) is 9.84 Å². The summed E-state index contributed by atoms with van der Waals surface area (Å²) in [5.41, 5.74) is 2.40. The van der Waals surface area contributed by atoms with Crippen molar-refractivity contribution < 1.29 is 13.2 Å². The maximum atomic E-state index is 11.6. The smallest absolute Gasteiger partial charge is 0.150 e. The van der Waals surface area contributed by atoms with E-state index >= 15 is 0 Å². The van der Waals surface area contributed by atoms with Gasteiger partial charge < -0.3 is 4.74 Å². The first-order chi connectivity index (χ1) is 8.94. The van der Waals surface area contributed by atoms with E-state index in [9.17, 15) is 8.42 Å². The monoisotopic (exact) mass is 344 g/mol. The van der Waals surface area contributed by atoms with Gasteiger partial charge in [-0.2, -0.15) is 0 Å². The lowest BCUT2D eigenvalue weighted by Gasteiger charge is -2.17. The lowest BCUT2D eigenvalue weighted by Crippen LogP contribution is -2.10. The normalized spacial score (nSPS) is 29.8. The van der Waals surface area contributed by atoms with Crippen molar-refractivity contribution in [3.05, 3.63) is 29.3 Å². The van der Waals surface area contributed by atoms with Crippen molar-refractivity contribution in [3.8, 4) is 5.75 Å². The van der Waals surface area contributed by atoms with Gasteiger partial charge in [-0.3, -0.25) is 0 Å². The summed E-state index contributed by atoms with van der Waals surface area (Å²) in [4.78, 5) is 0.117. The molecular formula is C14H17BrO3S. The molecule has 0 amide bonds. The highest BCUT2D eigenvalue weighted by atomic mass is 79.9. The van der Waals surface area contributed by atoms with E-state index in [1.54, 1.807) is 0 Å². The van der Waals surface area contributed by atoms with Crippen LogP contribution >= 0.6 is 15.9 Å². The molecule has 0 saturated carbocycles. The molecule has 3 rings (SSSR count). The Bertz CT molecular complexity index is 597. The molecule has 104 valence electrons. The summed E-state index contributed by atoms with van der Waals surface area (Å²) < 4.78 is 28.8. The van der Waals surface area contributed by atoms with Gasteiger partial charge in [0.2, 0.25) is 0 Å². The van der Waals surface area contributed by atoms with Gasteiger partial charge >= 0.3 is 0 Å². The summed E-state index contributed by atoms with van der Waals surface area (Å²) in [5.74, 6) is 1.77. The Morgan fingerprint density at radius 2 is 2.21 bits per heavy atom. The molecule has 0 aromatic heterocycles. The fourth-order valence-electron chi connectivity index (χ4n) is 2.94. The average Bonchev–Trinajstić information content (AvgIpc) is 2.88. The molecule has 2 aliphatic heterocycles. The Labute approximate surface area is 122 Å². The van der Waals surface area contributed by atoms with Gasteiger partial charge in [-0.15, -0.1) is 0 Å². The number of fused-ring (bicyclic) bond motifs is 1. The number of benzene rings is 1. The Morgan fingerprint density at radius 1 is 1.42 bits per heavy atom. The van der Waals surface area contributed by atoms with Gasteiger partial charge in [0.1, 0.15) is 11.9 Å². The number of rotatable bonds is 2. The third-order valence-electron chi connectivity index (χ3n) is 3.92. The first-order valence-electron chi connectivity index (χ1n) is 6.58. The van der Waals surface area contributed by atoms with Crippen molar-refractivity contribution in [1.29, 1.82) is 0 Å². The maximum Gasteiger partial charge on any atom is 0.150 e. The molecule has 1 fully saturated rings. The molecule has 1 aromatic carbocycles. The van der Waals surface area contributed by atoms with Gasteiger partial charge in [0.05, 0.1) is 11.5 Å². The number of hydrogen-bond acceptors (Lipinski definition) is 3. The molecule has 19 heavy (non-hydrogen) atoms. The molecule has 2 heterocycles. The Hall–Kier alpha value is -0.550. The molecule has 5 heteroatoms. The second-order valence-corrected chi connectivity index (χ2v) is 8.78. The summed E-state index contributed by atoms with van der Waals surface area (Å²) in [6.07, 6.45) is 1.93. The van der Waals surface area contributed by atoms with Crippen molar-refractivity contribution in [3.63, 3.8) is 0 Å². The molecular weight excluding hydrogens is 328 g/mol. The first-order valence-corrected chi connectivity index (χ1v) is 9.32. The number of ether oxygens (including phenoxy) is 1. The Morgan fingerprint density at radius 3 is 2.89 bits per heavy atom. The highest BCUT2D eigenvalue weighted by Crippen LogP contribution is 2.40. The molecule has 0 N–H and O–H groups in total. The lowest BCUT2D eigenvalue weighted by atomic mass is 9.96. The van der Waals surface area contributed by atoms with E-state index in [1.807, 2.05) is 12.1 Å². The van der Waals surface area contributed by atoms with Gasteiger partial charge in [0, 0.05) is 11.2 Å². The third kappa shape index (κ3) is 2.68. The van der Waals surface area contributed by atoms with Crippen LogP contribution in [0.1, 0.15) is 29.3 Å². The quantitative estimate of drug-likeness (QED) is 0.774.